The zero-order valence-corrected chi connectivity index (χ0v) is 15.2. The molecule has 1 aromatic carbocycles. The fraction of sp³-hybridized carbons (Fsp3) is 0.632. The molecule has 2 aliphatic heterocycles. The van der Waals surface area contributed by atoms with Crippen molar-refractivity contribution in [3.05, 3.63) is 29.6 Å². The van der Waals surface area contributed by atoms with E-state index in [1.54, 1.807) is 4.90 Å². The first kappa shape index (κ1) is 19.1. The lowest BCUT2D eigenvalue weighted by Gasteiger charge is -2.48. The summed E-state index contributed by atoms with van der Waals surface area (Å²) in [5.41, 5.74) is 4.56. The number of piperidine rings is 1. The van der Waals surface area contributed by atoms with Gasteiger partial charge in [-0.1, -0.05) is 0 Å². The summed E-state index contributed by atoms with van der Waals surface area (Å²) in [7, 11) is 0. The predicted octanol–water partition coefficient (Wildman–Crippen LogP) is 1.70. The standard InChI is InChI=1S/C19H27FN2O4/c1-18(24)6-10-26-19(13-18)4-8-22(9-5-19)17(23)15-12-14(20)2-3-16(15)25-11-7-21/h2-3,12,24H,4-11,13,21H2,1H3. The summed E-state index contributed by atoms with van der Waals surface area (Å²) in [6.45, 7) is 3.94. The van der Waals surface area contributed by atoms with Gasteiger partial charge in [0.2, 0.25) is 0 Å². The van der Waals surface area contributed by atoms with Gasteiger partial charge in [-0.2, -0.15) is 0 Å². The van der Waals surface area contributed by atoms with Gasteiger partial charge in [0.15, 0.2) is 0 Å². The minimum absolute atomic E-state index is 0.214. The van der Waals surface area contributed by atoms with Crippen LogP contribution in [0.5, 0.6) is 5.75 Å². The fourth-order valence-electron chi connectivity index (χ4n) is 3.89. The van der Waals surface area contributed by atoms with Crippen LogP contribution in [0.4, 0.5) is 4.39 Å². The van der Waals surface area contributed by atoms with Crippen molar-refractivity contribution in [3.8, 4) is 5.75 Å². The number of nitrogens with zero attached hydrogens (tertiary/aromatic N) is 1. The number of halogens is 1. The molecule has 144 valence electrons. The van der Waals surface area contributed by atoms with E-state index in [0.29, 0.717) is 57.7 Å². The highest BCUT2D eigenvalue weighted by atomic mass is 19.1. The van der Waals surface area contributed by atoms with E-state index < -0.39 is 11.4 Å². The molecule has 2 heterocycles. The minimum Gasteiger partial charge on any atom is -0.491 e. The molecule has 1 spiro atoms. The molecule has 0 bridgehead atoms. The lowest BCUT2D eigenvalue weighted by atomic mass is 9.78. The zero-order valence-electron chi connectivity index (χ0n) is 15.2. The molecule has 7 heteroatoms. The summed E-state index contributed by atoms with van der Waals surface area (Å²) < 4.78 is 25.1. The van der Waals surface area contributed by atoms with Crippen molar-refractivity contribution in [2.45, 2.75) is 43.8 Å². The van der Waals surface area contributed by atoms with Gasteiger partial charge in [-0.3, -0.25) is 4.79 Å². The number of ether oxygens (including phenoxy) is 2. The number of carbonyl (C=O) groups excluding carboxylic acids is 1. The number of hydrogen-bond donors (Lipinski definition) is 2. The monoisotopic (exact) mass is 366 g/mol. The quantitative estimate of drug-likeness (QED) is 0.847. The Labute approximate surface area is 153 Å². The third-order valence-corrected chi connectivity index (χ3v) is 5.26. The van der Waals surface area contributed by atoms with Crippen LogP contribution >= 0.6 is 0 Å². The number of amides is 1. The van der Waals surface area contributed by atoms with Crippen LogP contribution in [0.1, 0.15) is 43.0 Å². The van der Waals surface area contributed by atoms with Crippen molar-refractivity contribution in [1.82, 2.24) is 4.90 Å². The number of rotatable bonds is 4. The summed E-state index contributed by atoms with van der Waals surface area (Å²) in [6.07, 6.45) is 2.52. The Morgan fingerprint density at radius 1 is 1.38 bits per heavy atom. The highest BCUT2D eigenvalue weighted by Crippen LogP contribution is 2.39. The van der Waals surface area contributed by atoms with Crippen molar-refractivity contribution in [2.75, 3.05) is 32.8 Å². The van der Waals surface area contributed by atoms with E-state index in [1.165, 1.54) is 18.2 Å². The molecule has 3 rings (SSSR count). The van der Waals surface area contributed by atoms with E-state index in [1.807, 2.05) is 6.92 Å². The summed E-state index contributed by atoms with van der Waals surface area (Å²) in [5.74, 6) is -0.387. The van der Waals surface area contributed by atoms with Crippen molar-refractivity contribution in [2.24, 2.45) is 5.73 Å². The smallest absolute Gasteiger partial charge is 0.257 e. The van der Waals surface area contributed by atoms with Gasteiger partial charge >= 0.3 is 0 Å². The molecule has 0 aliphatic carbocycles. The molecule has 6 nitrogen and oxygen atoms in total. The van der Waals surface area contributed by atoms with E-state index in [-0.39, 0.29) is 23.7 Å². The number of hydrogen-bond acceptors (Lipinski definition) is 5. The molecule has 0 saturated carbocycles. The number of benzene rings is 1. The third-order valence-electron chi connectivity index (χ3n) is 5.26. The maximum absolute atomic E-state index is 13.7. The highest BCUT2D eigenvalue weighted by molar-refractivity contribution is 5.97. The Bertz CT molecular complexity index is 657. The molecule has 26 heavy (non-hydrogen) atoms. The molecule has 3 N–H and O–H groups in total. The Hall–Kier alpha value is -1.70. The first-order valence-electron chi connectivity index (χ1n) is 9.12. The summed E-state index contributed by atoms with van der Waals surface area (Å²) in [5, 5.41) is 10.4. The van der Waals surface area contributed by atoms with Crippen molar-refractivity contribution < 1.29 is 23.8 Å². The van der Waals surface area contributed by atoms with Crippen LogP contribution in [0.15, 0.2) is 18.2 Å². The van der Waals surface area contributed by atoms with E-state index in [9.17, 15) is 14.3 Å². The highest BCUT2D eigenvalue weighted by Gasteiger charge is 2.45. The Balaban J connectivity index is 1.70. The van der Waals surface area contributed by atoms with E-state index >= 15 is 0 Å². The minimum atomic E-state index is -0.726. The second-order valence-corrected chi connectivity index (χ2v) is 7.53. The molecule has 1 atom stereocenters. The van der Waals surface area contributed by atoms with Gasteiger partial charge in [-0.05, 0) is 44.4 Å². The van der Waals surface area contributed by atoms with Crippen LogP contribution in [0.25, 0.3) is 0 Å². The van der Waals surface area contributed by atoms with Crippen LogP contribution in [0.2, 0.25) is 0 Å². The molecule has 1 unspecified atom stereocenters. The van der Waals surface area contributed by atoms with Crippen LogP contribution in [-0.4, -0.2) is 60.0 Å². The fourth-order valence-corrected chi connectivity index (χ4v) is 3.89. The average molecular weight is 366 g/mol. The molecule has 0 radical (unpaired) electrons. The average Bonchev–Trinajstić information content (AvgIpc) is 2.60. The maximum Gasteiger partial charge on any atom is 0.257 e. The van der Waals surface area contributed by atoms with Crippen molar-refractivity contribution in [3.63, 3.8) is 0 Å². The lowest BCUT2D eigenvalue weighted by Crippen LogP contribution is -2.54. The van der Waals surface area contributed by atoms with Crippen LogP contribution < -0.4 is 10.5 Å². The lowest BCUT2D eigenvalue weighted by molar-refractivity contribution is -0.170. The Kier molecular flexibility index (Phi) is 5.50. The maximum atomic E-state index is 13.7. The van der Waals surface area contributed by atoms with E-state index in [4.69, 9.17) is 15.2 Å². The molecular formula is C19H27FN2O4. The molecule has 0 aromatic heterocycles. The predicted molar refractivity (Wildman–Crippen MR) is 94.6 cm³/mol. The van der Waals surface area contributed by atoms with E-state index in [0.717, 1.165) is 0 Å². The molecule has 2 saturated heterocycles. The number of nitrogens with two attached hydrogens (primary N) is 1. The second-order valence-electron chi connectivity index (χ2n) is 7.53. The Morgan fingerprint density at radius 3 is 2.77 bits per heavy atom. The van der Waals surface area contributed by atoms with Gasteiger partial charge in [-0.25, -0.2) is 4.39 Å². The topological polar surface area (TPSA) is 85.0 Å². The third kappa shape index (κ3) is 4.16. The van der Waals surface area contributed by atoms with Gasteiger partial charge in [-0.15, -0.1) is 0 Å². The first-order valence-corrected chi connectivity index (χ1v) is 9.12. The molecule has 1 amide bonds. The number of carbonyl (C=O) groups is 1. The number of aliphatic hydroxyl groups is 1. The molecule has 2 fully saturated rings. The van der Waals surface area contributed by atoms with Crippen molar-refractivity contribution >= 4 is 5.91 Å². The molecular weight excluding hydrogens is 339 g/mol. The normalized spacial score (nSPS) is 25.3. The number of likely N-dealkylation sites (tertiary alicyclic amines) is 1. The Morgan fingerprint density at radius 2 is 2.12 bits per heavy atom. The van der Waals surface area contributed by atoms with Crippen LogP contribution in [0.3, 0.4) is 0 Å². The van der Waals surface area contributed by atoms with Gasteiger partial charge in [0.25, 0.3) is 5.91 Å². The van der Waals surface area contributed by atoms with Gasteiger partial charge < -0.3 is 25.2 Å². The van der Waals surface area contributed by atoms with Gasteiger partial charge in [0, 0.05) is 26.1 Å². The van der Waals surface area contributed by atoms with Crippen LogP contribution in [-0.2, 0) is 4.74 Å². The van der Waals surface area contributed by atoms with Crippen molar-refractivity contribution in [1.29, 1.82) is 0 Å². The second kappa shape index (κ2) is 7.50. The summed E-state index contributed by atoms with van der Waals surface area (Å²) >= 11 is 0. The van der Waals surface area contributed by atoms with E-state index in [2.05, 4.69) is 0 Å². The molecule has 1 aromatic rings. The summed E-state index contributed by atoms with van der Waals surface area (Å²) in [4.78, 5) is 14.6. The largest absolute Gasteiger partial charge is 0.491 e. The van der Waals surface area contributed by atoms with Crippen LogP contribution in [0, 0.1) is 5.82 Å². The molecule has 2 aliphatic rings. The SMILES string of the molecule is CC1(O)CCOC2(CCN(C(=O)c3cc(F)ccc3OCCN)CC2)C1. The first-order chi connectivity index (χ1) is 12.3. The summed E-state index contributed by atoms with van der Waals surface area (Å²) in [6, 6.07) is 3.94. The van der Waals surface area contributed by atoms with Gasteiger partial charge in [0.1, 0.15) is 18.2 Å². The van der Waals surface area contributed by atoms with Gasteiger partial charge in [0.05, 0.1) is 23.4 Å². The zero-order chi connectivity index (χ0) is 18.8.